The van der Waals surface area contributed by atoms with E-state index < -0.39 is 0 Å². The Kier molecular flexibility index (Phi) is 2.63. The predicted molar refractivity (Wildman–Crippen MR) is 66.3 cm³/mol. The first-order valence-corrected chi connectivity index (χ1v) is 6.08. The van der Waals surface area contributed by atoms with Crippen molar-refractivity contribution in [1.29, 1.82) is 0 Å². The molecule has 0 saturated heterocycles. The predicted octanol–water partition coefficient (Wildman–Crippen LogP) is 3.77. The first-order valence-electron chi connectivity index (χ1n) is 6.08. The van der Waals surface area contributed by atoms with Gasteiger partial charge in [0.15, 0.2) is 0 Å². The van der Waals surface area contributed by atoms with E-state index in [9.17, 15) is 4.39 Å². The SMILES string of the molecule is Fc1ccccc1-c1ccc2c(n1)CCCC2. The maximum absolute atomic E-state index is 13.7. The highest BCUT2D eigenvalue weighted by Crippen LogP contribution is 2.25. The number of halogens is 1. The van der Waals surface area contributed by atoms with Crippen molar-refractivity contribution in [2.75, 3.05) is 0 Å². The van der Waals surface area contributed by atoms with Gasteiger partial charge in [0.25, 0.3) is 0 Å². The van der Waals surface area contributed by atoms with Gasteiger partial charge in [0.1, 0.15) is 5.82 Å². The lowest BCUT2D eigenvalue weighted by Gasteiger charge is -2.15. The zero-order valence-electron chi connectivity index (χ0n) is 9.62. The van der Waals surface area contributed by atoms with Crippen molar-refractivity contribution < 1.29 is 4.39 Å². The van der Waals surface area contributed by atoms with Crippen molar-refractivity contribution in [3.05, 3.63) is 53.5 Å². The standard InChI is InChI=1S/C15H14FN/c16-13-7-3-2-6-12(13)15-10-9-11-5-1-4-8-14(11)17-15/h2-3,6-7,9-10H,1,4-5,8H2. The van der Waals surface area contributed by atoms with Crippen LogP contribution in [0.15, 0.2) is 36.4 Å². The number of aromatic nitrogens is 1. The molecule has 2 aromatic rings. The second-order valence-corrected chi connectivity index (χ2v) is 4.49. The number of aryl methyl sites for hydroxylation is 2. The van der Waals surface area contributed by atoms with Gasteiger partial charge in [-0.15, -0.1) is 0 Å². The topological polar surface area (TPSA) is 12.9 Å². The van der Waals surface area contributed by atoms with Crippen molar-refractivity contribution >= 4 is 0 Å². The molecule has 1 aromatic carbocycles. The molecule has 2 heteroatoms. The smallest absolute Gasteiger partial charge is 0.132 e. The van der Waals surface area contributed by atoms with Gasteiger partial charge in [0.2, 0.25) is 0 Å². The van der Waals surface area contributed by atoms with Gasteiger partial charge >= 0.3 is 0 Å². The van der Waals surface area contributed by atoms with Crippen molar-refractivity contribution in [2.45, 2.75) is 25.7 Å². The van der Waals surface area contributed by atoms with Crippen LogP contribution in [0, 0.1) is 5.82 Å². The van der Waals surface area contributed by atoms with Crippen LogP contribution in [-0.4, -0.2) is 4.98 Å². The number of fused-ring (bicyclic) bond motifs is 1. The fourth-order valence-corrected chi connectivity index (χ4v) is 2.40. The summed E-state index contributed by atoms with van der Waals surface area (Å²) in [4.78, 5) is 4.60. The molecular formula is C15H14FN. The number of hydrogen-bond acceptors (Lipinski definition) is 1. The summed E-state index contributed by atoms with van der Waals surface area (Å²) in [6.45, 7) is 0. The molecule has 1 aliphatic rings. The van der Waals surface area contributed by atoms with E-state index in [1.54, 1.807) is 12.1 Å². The normalized spacial score (nSPS) is 14.4. The highest BCUT2D eigenvalue weighted by molar-refractivity contribution is 5.60. The number of pyridine rings is 1. The van der Waals surface area contributed by atoms with Crippen LogP contribution in [-0.2, 0) is 12.8 Å². The summed E-state index contributed by atoms with van der Waals surface area (Å²) in [7, 11) is 0. The van der Waals surface area contributed by atoms with Crippen LogP contribution >= 0.6 is 0 Å². The Morgan fingerprint density at radius 2 is 1.76 bits per heavy atom. The molecule has 0 aliphatic heterocycles. The van der Waals surface area contributed by atoms with Gasteiger partial charge < -0.3 is 0 Å². The molecule has 17 heavy (non-hydrogen) atoms. The zero-order valence-corrected chi connectivity index (χ0v) is 9.62. The Bertz CT molecular complexity index is 548. The number of rotatable bonds is 1. The van der Waals surface area contributed by atoms with Crippen LogP contribution in [0.25, 0.3) is 11.3 Å². The van der Waals surface area contributed by atoms with Gasteiger partial charge in [0, 0.05) is 11.3 Å². The summed E-state index contributed by atoms with van der Waals surface area (Å²) < 4.78 is 13.7. The Morgan fingerprint density at radius 1 is 0.941 bits per heavy atom. The quantitative estimate of drug-likeness (QED) is 0.722. The summed E-state index contributed by atoms with van der Waals surface area (Å²) in [5.74, 6) is -0.198. The first-order chi connectivity index (χ1) is 8.34. The minimum absolute atomic E-state index is 0.198. The highest BCUT2D eigenvalue weighted by Gasteiger charge is 2.12. The summed E-state index contributed by atoms with van der Waals surface area (Å²) in [5.41, 5.74) is 3.83. The third-order valence-electron chi connectivity index (χ3n) is 3.33. The third-order valence-corrected chi connectivity index (χ3v) is 3.33. The van der Waals surface area contributed by atoms with Crippen LogP contribution in [0.1, 0.15) is 24.1 Å². The first kappa shape index (κ1) is 10.5. The van der Waals surface area contributed by atoms with E-state index in [0.717, 1.165) is 24.2 Å². The molecular weight excluding hydrogens is 213 g/mol. The second kappa shape index (κ2) is 4.28. The lowest BCUT2D eigenvalue weighted by atomic mass is 9.95. The largest absolute Gasteiger partial charge is 0.252 e. The molecule has 1 nitrogen and oxygen atoms in total. The van der Waals surface area contributed by atoms with Gasteiger partial charge in [-0.3, -0.25) is 4.98 Å². The summed E-state index contributed by atoms with van der Waals surface area (Å²) in [6.07, 6.45) is 4.58. The van der Waals surface area contributed by atoms with Crippen molar-refractivity contribution in [3.63, 3.8) is 0 Å². The molecule has 86 valence electrons. The molecule has 0 bridgehead atoms. The molecule has 0 spiro atoms. The maximum atomic E-state index is 13.7. The monoisotopic (exact) mass is 227 g/mol. The third kappa shape index (κ3) is 1.95. The van der Waals surface area contributed by atoms with Crippen LogP contribution in [0.5, 0.6) is 0 Å². The molecule has 1 heterocycles. The average Bonchev–Trinajstić information content (AvgIpc) is 2.39. The molecule has 0 unspecified atom stereocenters. The summed E-state index contributed by atoms with van der Waals surface area (Å²) in [5, 5.41) is 0. The summed E-state index contributed by atoms with van der Waals surface area (Å²) in [6, 6.07) is 10.9. The fourth-order valence-electron chi connectivity index (χ4n) is 2.40. The Morgan fingerprint density at radius 3 is 2.65 bits per heavy atom. The van der Waals surface area contributed by atoms with Gasteiger partial charge in [-0.25, -0.2) is 4.39 Å². The van der Waals surface area contributed by atoms with E-state index in [4.69, 9.17) is 0 Å². The number of benzene rings is 1. The van der Waals surface area contributed by atoms with Crippen LogP contribution in [0.3, 0.4) is 0 Å². The van der Waals surface area contributed by atoms with Crippen molar-refractivity contribution in [3.8, 4) is 11.3 Å². The molecule has 3 rings (SSSR count). The van der Waals surface area contributed by atoms with E-state index in [-0.39, 0.29) is 5.82 Å². The van der Waals surface area contributed by atoms with Crippen LogP contribution in [0.2, 0.25) is 0 Å². The molecule has 0 saturated carbocycles. The van der Waals surface area contributed by atoms with Crippen LogP contribution < -0.4 is 0 Å². The van der Waals surface area contributed by atoms with Gasteiger partial charge in [-0.2, -0.15) is 0 Å². The fraction of sp³-hybridized carbons (Fsp3) is 0.267. The minimum Gasteiger partial charge on any atom is -0.252 e. The van der Waals surface area contributed by atoms with E-state index in [1.807, 2.05) is 12.1 Å². The summed E-state index contributed by atoms with van der Waals surface area (Å²) >= 11 is 0. The maximum Gasteiger partial charge on any atom is 0.132 e. The molecule has 1 aliphatic carbocycles. The van der Waals surface area contributed by atoms with E-state index in [2.05, 4.69) is 11.1 Å². The Labute approximate surface area is 100 Å². The molecule has 0 radical (unpaired) electrons. The lowest BCUT2D eigenvalue weighted by molar-refractivity contribution is 0.629. The van der Waals surface area contributed by atoms with Crippen molar-refractivity contribution in [1.82, 2.24) is 4.98 Å². The minimum atomic E-state index is -0.198. The van der Waals surface area contributed by atoms with E-state index >= 15 is 0 Å². The second-order valence-electron chi connectivity index (χ2n) is 4.49. The van der Waals surface area contributed by atoms with Gasteiger partial charge in [-0.1, -0.05) is 18.2 Å². The highest BCUT2D eigenvalue weighted by atomic mass is 19.1. The van der Waals surface area contributed by atoms with Crippen LogP contribution in [0.4, 0.5) is 4.39 Å². The molecule has 0 atom stereocenters. The van der Waals surface area contributed by atoms with E-state index in [1.165, 1.54) is 24.5 Å². The molecule has 1 aromatic heterocycles. The number of hydrogen-bond donors (Lipinski definition) is 0. The zero-order chi connectivity index (χ0) is 11.7. The Hall–Kier alpha value is -1.70. The average molecular weight is 227 g/mol. The van der Waals surface area contributed by atoms with Gasteiger partial charge in [0.05, 0.1) is 5.69 Å². The molecule has 0 amide bonds. The van der Waals surface area contributed by atoms with Gasteiger partial charge in [-0.05, 0) is 49.4 Å². The lowest BCUT2D eigenvalue weighted by Crippen LogP contribution is -2.05. The number of nitrogens with zero attached hydrogens (tertiary/aromatic N) is 1. The Balaban J connectivity index is 2.07. The molecule has 0 N–H and O–H groups in total. The molecule has 0 fully saturated rings. The van der Waals surface area contributed by atoms with E-state index in [0.29, 0.717) is 5.56 Å². The van der Waals surface area contributed by atoms with Crippen molar-refractivity contribution in [2.24, 2.45) is 0 Å².